The van der Waals surface area contributed by atoms with Gasteiger partial charge in [0, 0.05) is 49.1 Å². The first-order valence-electron chi connectivity index (χ1n) is 9.44. The van der Waals surface area contributed by atoms with E-state index >= 15 is 0 Å². The van der Waals surface area contributed by atoms with Gasteiger partial charge in [0.25, 0.3) is 0 Å². The van der Waals surface area contributed by atoms with Crippen LogP contribution < -0.4 is 9.80 Å². The molecule has 2 aliphatic rings. The molecule has 28 heavy (non-hydrogen) atoms. The Balaban J connectivity index is 1.70. The van der Waals surface area contributed by atoms with E-state index in [0.29, 0.717) is 43.9 Å². The average molecular weight is 393 g/mol. The summed E-state index contributed by atoms with van der Waals surface area (Å²) in [5.74, 6) is -0.542. The van der Waals surface area contributed by atoms with Gasteiger partial charge in [-0.25, -0.2) is 9.18 Å². The predicted molar refractivity (Wildman–Crippen MR) is 102 cm³/mol. The Morgan fingerprint density at radius 2 is 1.82 bits per heavy atom. The van der Waals surface area contributed by atoms with Crippen molar-refractivity contribution in [3.8, 4) is 0 Å². The SMILES string of the molecule is CC(C)(C)OC(=O)N1CCN(c2ccc(F)c(N3CCC[N+](=O)C3=O)c2)CC1. The van der Waals surface area contributed by atoms with Crippen LogP contribution in [0, 0.1) is 10.7 Å². The normalized spacial score (nSPS) is 18.5. The van der Waals surface area contributed by atoms with Crippen molar-refractivity contribution in [2.75, 3.05) is 49.1 Å². The lowest BCUT2D eigenvalue weighted by Crippen LogP contribution is -2.50. The molecule has 8 nitrogen and oxygen atoms in total. The van der Waals surface area contributed by atoms with Crippen LogP contribution in [0.25, 0.3) is 0 Å². The maximum Gasteiger partial charge on any atom is 0.536 e. The highest BCUT2D eigenvalue weighted by Crippen LogP contribution is 2.28. The van der Waals surface area contributed by atoms with Crippen molar-refractivity contribution >= 4 is 23.5 Å². The van der Waals surface area contributed by atoms with Crippen LogP contribution >= 0.6 is 0 Å². The molecule has 2 aliphatic heterocycles. The van der Waals surface area contributed by atoms with Crippen molar-refractivity contribution in [1.82, 2.24) is 4.90 Å². The van der Waals surface area contributed by atoms with Gasteiger partial charge in [-0.15, -0.1) is 0 Å². The number of ether oxygens (including phenoxy) is 1. The molecule has 0 bridgehead atoms. The third-order valence-corrected chi connectivity index (χ3v) is 4.70. The number of hydrogen-bond donors (Lipinski definition) is 0. The van der Waals surface area contributed by atoms with Crippen LogP contribution in [0.1, 0.15) is 27.2 Å². The van der Waals surface area contributed by atoms with Crippen molar-refractivity contribution in [3.63, 3.8) is 0 Å². The second kappa shape index (κ2) is 7.73. The third kappa shape index (κ3) is 4.40. The summed E-state index contributed by atoms with van der Waals surface area (Å²) in [4.78, 5) is 40.8. The Morgan fingerprint density at radius 3 is 2.46 bits per heavy atom. The highest BCUT2D eigenvalue weighted by atomic mass is 19.1. The minimum Gasteiger partial charge on any atom is -0.444 e. The Kier molecular flexibility index (Phi) is 5.53. The monoisotopic (exact) mass is 393 g/mol. The molecule has 0 aromatic heterocycles. The topological polar surface area (TPSA) is 73.2 Å². The van der Waals surface area contributed by atoms with Gasteiger partial charge in [-0.2, -0.15) is 9.69 Å². The first kappa shape index (κ1) is 20.0. The van der Waals surface area contributed by atoms with Crippen LogP contribution in [0.3, 0.4) is 0 Å². The molecule has 0 unspecified atom stereocenters. The van der Waals surface area contributed by atoms with Gasteiger partial charge in [0.1, 0.15) is 12.1 Å². The summed E-state index contributed by atoms with van der Waals surface area (Å²) in [5.41, 5.74) is 0.310. The van der Waals surface area contributed by atoms with E-state index in [0.717, 1.165) is 5.69 Å². The van der Waals surface area contributed by atoms with Gasteiger partial charge >= 0.3 is 12.1 Å². The lowest BCUT2D eigenvalue weighted by atomic mass is 10.2. The summed E-state index contributed by atoms with van der Waals surface area (Å²) >= 11 is 0. The Hall–Kier alpha value is -2.71. The minimum absolute atomic E-state index is 0.109. The predicted octanol–water partition coefficient (Wildman–Crippen LogP) is 2.99. The van der Waals surface area contributed by atoms with Gasteiger partial charge in [-0.1, -0.05) is 4.91 Å². The van der Waals surface area contributed by atoms with E-state index in [-0.39, 0.29) is 18.3 Å². The molecule has 1 aromatic carbocycles. The minimum atomic E-state index is -0.739. The number of amides is 3. The fraction of sp³-hybridized carbons (Fsp3) is 0.579. The molecule has 0 saturated carbocycles. The summed E-state index contributed by atoms with van der Waals surface area (Å²) in [6, 6.07) is 3.81. The maximum absolute atomic E-state index is 14.3. The zero-order valence-corrected chi connectivity index (χ0v) is 16.5. The van der Waals surface area contributed by atoms with E-state index in [9.17, 15) is 18.9 Å². The smallest absolute Gasteiger partial charge is 0.444 e. The third-order valence-electron chi connectivity index (χ3n) is 4.70. The van der Waals surface area contributed by atoms with Crippen molar-refractivity contribution < 1.29 is 23.5 Å². The van der Waals surface area contributed by atoms with Crippen molar-refractivity contribution in [3.05, 3.63) is 28.9 Å². The van der Waals surface area contributed by atoms with Crippen LogP contribution in [0.5, 0.6) is 0 Å². The van der Waals surface area contributed by atoms with Crippen LogP contribution in [-0.2, 0) is 4.74 Å². The fourth-order valence-electron chi connectivity index (χ4n) is 3.30. The Labute approximate surface area is 163 Å². The molecule has 9 heteroatoms. The van der Waals surface area contributed by atoms with Gasteiger partial charge in [0.05, 0.1) is 6.54 Å². The van der Waals surface area contributed by atoms with E-state index in [2.05, 4.69) is 0 Å². The second-order valence-corrected chi connectivity index (χ2v) is 7.98. The number of carbonyl (C=O) groups excluding carboxylic acids is 2. The van der Waals surface area contributed by atoms with Crippen molar-refractivity contribution in [2.45, 2.75) is 32.8 Å². The Morgan fingerprint density at radius 1 is 1.14 bits per heavy atom. The summed E-state index contributed by atoms with van der Waals surface area (Å²) in [6.07, 6.45) is 0.148. The molecule has 3 amide bonds. The number of nitroso groups, excluding NO2 is 1. The van der Waals surface area contributed by atoms with Crippen LogP contribution in [-0.4, -0.2) is 66.7 Å². The van der Waals surface area contributed by atoms with Gasteiger partial charge in [0.15, 0.2) is 11.5 Å². The number of halogens is 1. The first-order chi connectivity index (χ1) is 13.2. The molecule has 2 saturated heterocycles. The zero-order valence-electron chi connectivity index (χ0n) is 16.5. The number of carbonyl (C=O) groups is 2. The standard InChI is InChI=1S/C19H26FN4O4/c1-19(2,3)28-18(26)22-11-9-21(10-12-22)14-5-6-15(20)16(13-14)23-7-4-8-24(27)17(23)25/h5-6,13H,4,7-12H2,1-3H3/q+1. The lowest BCUT2D eigenvalue weighted by Gasteiger charge is -2.37. The van der Waals surface area contributed by atoms with Gasteiger partial charge in [-0.05, 0) is 32.9 Å². The Bertz CT molecular complexity index is 785. The number of anilines is 2. The summed E-state index contributed by atoms with van der Waals surface area (Å²) in [6.45, 7) is 8.01. The number of nitrogens with zero attached hydrogens (tertiary/aromatic N) is 4. The van der Waals surface area contributed by atoms with E-state index in [1.165, 1.54) is 11.0 Å². The van der Waals surface area contributed by atoms with E-state index in [1.54, 1.807) is 17.0 Å². The second-order valence-electron chi connectivity index (χ2n) is 7.98. The summed E-state index contributed by atoms with van der Waals surface area (Å²) < 4.78 is 20.1. The molecule has 0 radical (unpaired) electrons. The molecular formula is C19H26FN4O4+. The van der Waals surface area contributed by atoms with Crippen molar-refractivity contribution in [2.24, 2.45) is 0 Å². The van der Waals surface area contributed by atoms with Gasteiger partial charge < -0.3 is 14.5 Å². The van der Waals surface area contributed by atoms with Crippen LogP contribution in [0.15, 0.2) is 18.2 Å². The molecule has 1 aromatic rings. The molecule has 0 atom stereocenters. The fourth-order valence-corrected chi connectivity index (χ4v) is 3.30. The van der Waals surface area contributed by atoms with E-state index in [4.69, 9.17) is 4.74 Å². The largest absolute Gasteiger partial charge is 0.536 e. The molecule has 0 N–H and O–H groups in total. The highest BCUT2D eigenvalue weighted by Gasteiger charge is 2.37. The molecule has 152 valence electrons. The first-order valence-corrected chi connectivity index (χ1v) is 9.44. The van der Waals surface area contributed by atoms with Crippen LogP contribution in [0.2, 0.25) is 0 Å². The molecule has 2 heterocycles. The molecule has 2 fully saturated rings. The highest BCUT2D eigenvalue weighted by molar-refractivity contribution is 5.87. The van der Waals surface area contributed by atoms with Crippen LogP contribution in [0.4, 0.5) is 25.4 Å². The number of urea groups is 1. The molecule has 3 rings (SSSR count). The average Bonchev–Trinajstić information content (AvgIpc) is 2.63. The molecular weight excluding hydrogens is 367 g/mol. The summed E-state index contributed by atoms with van der Waals surface area (Å²) in [5, 5.41) is 0. The van der Waals surface area contributed by atoms with E-state index < -0.39 is 17.4 Å². The molecule has 0 aliphatic carbocycles. The number of benzene rings is 1. The maximum atomic E-state index is 14.3. The van der Waals surface area contributed by atoms with Crippen molar-refractivity contribution in [1.29, 1.82) is 0 Å². The van der Waals surface area contributed by atoms with Gasteiger partial charge in [-0.3, -0.25) is 0 Å². The summed E-state index contributed by atoms with van der Waals surface area (Å²) in [7, 11) is 0. The number of hydrogen-bond acceptors (Lipinski definition) is 5. The number of rotatable bonds is 2. The van der Waals surface area contributed by atoms with Gasteiger partial charge in [0.2, 0.25) is 0 Å². The molecule has 0 spiro atoms. The zero-order chi connectivity index (χ0) is 20.5. The lowest BCUT2D eigenvalue weighted by molar-refractivity contribution is -0.453. The van der Waals surface area contributed by atoms with E-state index in [1.807, 2.05) is 25.7 Å². The number of piperazine rings is 1. The quantitative estimate of drug-likeness (QED) is 0.723.